The number of aromatic nitrogens is 4. The van der Waals surface area contributed by atoms with Crippen molar-refractivity contribution in [2.75, 3.05) is 7.05 Å². The van der Waals surface area contributed by atoms with Gasteiger partial charge in [-0.3, -0.25) is 14.9 Å². The molecule has 0 unspecified atom stereocenters. The zero-order valence-corrected chi connectivity index (χ0v) is 14.5. The molecule has 0 spiro atoms. The van der Waals surface area contributed by atoms with Crippen molar-refractivity contribution < 1.29 is 9.72 Å². The van der Waals surface area contributed by atoms with Crippen molar-refractivity contribution in [2.24, 2.45) is 0 Å². The number of nitro groups is 1. The molecule has 25 heavy (non-hydrogen) atoms. The molecule has 10 heteroatoms. The summed E-state index contributed by atoms with van der Waals surface area (Å²) in [7, 11) is 1.48. The van der Waals surface area contributed by atoms with Crippen LogP contribution in [-0.4, -0.2) is 38.1 Å². The van der Waals surface area contributed by atoms with Gasteiger partial charge in [0.2, 0.25) is 5.16 Å². The molecule has 2 aromatic rings. The van der Waals surface area contributed by atoms with Crippen LogP contribution in [0.3, 0.4) is 0 Å². The van der Waals surface area contributed by atoms with E-state index >= 15 is 0 Å². The standard InChI is InChI=1S/C15H18N6O3S/c1-16-14(22)10-7-8-13(12(9-10)21(23)24)25-15-17-18-19-20(15)11-5-3-2-4-6-11/h7-9,11H,2-6H2,1H3,(H,16,22). The largest absolute Gasteiger partial charge is 0.355 e. The lowest BCUT2D eigenvalue weighted by molar-refractivity contribution is -0.387. The highest BCUT2D eigenvalue weighted by atomic mass is 32.2. The molecule has 0 saturated heterocycles. The third kappa shape index (κ3) is 3.78. The van der Waals surface area contributed by atoms with Crippen LogP contribution in [0.2, 0.25) is 0 Å². The summed E-state index contributed by atoms with van der Waals surface area (Å²) in [5, 5.41) is 26.2. The second-order valence-electron chi connectivity index (χ2n) is 5.82. The lowest BCUT2D eigenvalue weighted by atomic mass is 9.96. The van der Waals surface area contributed by atoms with Gasteiger partial charge in [-0.1, -0.05) is 19.3 Å². The van der Waals surface area contributed by atoms with E-state index in [0.717, 1.165) is 37.4 Å². The molecule has 3 rings (SSSR count). The monoisotopic (exact) mass is 362 g/mol. The van der Waals surface area contributed by atoms with Crippen molar-refractivity contribution >= 4 is 23.4 Å². The number of tetrazole rings is 1. The molecule has 1 aromatic heterocycles. The molecule has 1 aliphatic rings. The van der Waals surface area contributed by atoms with Crippen LogP contribution in [0.25, 0.3) is 0 Å². The highest BCUT2D eigenvalue weighted by molar-refractivity contribution is 7.99. The van der Waals surface area contributed by atoms with E-state index in [-0.39, 0.29) is 23.2 Å². The third-order valence-electron chi connectivity index (χ3n) is 4.23. The number of hydrogen-bond donors (Lipinski definition) is 1. The smallest absolute Gasteiger partial charge is 0.284 e. The fourth-order valence-corrected chi connectivity index (χ4v) is 3.86. The summed E-state index contributed by atoms with van der Waals surface area (Å²) in [5.41, 5.74) is 0.106. The zero-order valence-electron chi connectivity index (χ0n) is 13.7. The predicted molar refractivity (Wildman–Crippen MR) is 90.5 cm³/mol. The van der Waals surface area contributed by atoms with E-state index in [0.29, 0.717) is 10.1 Å². The van der Waals surface area contributed by atoms with Crippen LogP contribution >= 0.6 is 11.8 Å². The van der Waals surface area contributed by atoms with Crippen LogP contribution in [0.1, 0.15) is 48.5 Å². The number of nitro benzene ring substituents is 1. The highest BCUT2D eigenvalue weighted by Crippen LogP contribution is 2.37. The Labute approximate surface area is 148 Å². The molecule has 1 fully saturated rings. The summed E-state index contributed by atoms with van der Waals surface area (Å²) >= 11 is 1.15. The molecule has 1 amide bonds. The molecule has 132 valence electrons. The summed E-state index contributed by atoms with van der Waals surface area (Å²) in [6, 6.07) is 4.63. The van der Waals surface area contributed by atoms with E-state index in [4.69, 9.17) is 0 Å². The lowest BCUT2D eigenvalue weighted by Crippen LogP contribution is -2.18. The number of carbonyl (C=O) groups is 1. The number of rotatable bonds is 5. The first-order valence-corrected chi connectivity index (χ1v) is 8.88. The van der Waals surface area contributed by atoms with E-state index in [1.807, 2.05) is 0 Å². The van der Waals surface area contributed by atoms with Gasteiger partial charge >= 0.3 is 0 Å². The minimum absolute atomic E-state index is 0.135. The number of amides is 1. The second kappa shape index (κ2) is 7.60. The van der Waals surface area contributed by atoms with E-state index in [1.165, 1.54) is 19.5 Å². The van der Waals surface area contributed by atoms with Crippen molar-refractivity contribution in [3.05, 3.63) is 33.9 Å². The second-order valence-corrected chi connectivity index (χ2v) is 6.83. The summed E-state index contributed by atoms with van der Waals surface area (Å²) in [5.74, 6) is -0.369. The molecule has 1 heterocycles. The van der Waals surface area contributed by atoms with Gasteiger partial charge in [-0.25, -0.2) is 4.68 Å². The predicted octanol–water partition coefficient (Wildman–Crippen LogP) is 2.60. The molecular weight excluding hydrogens is 344 g/mol. The van der Waals surface area contributed by atoms with E-state index in [2.05, 4.69) is 20.8 Å². The molecule has 1 saturated carbocycles. The summed E-state index contributed by atoms with van der Waals surface area (Å²) in [6.07, 6.45) is 5.51. The molecule has 0 aliphatic heterocycles. The zero-order chi connectivity index (χ0) is 17.8. The van der Waals surface area contributed by atoms with Gasteiger partial charge in [-0.2, -0.15) is 0 Å². The average Bonchev–Trinajstić information content (AvgIpc) is 3.10. The highest BCUT2D eigenvalue weighted by Gasteiger charge is 2.24. The van der Waals surface area contributed by atoms with Crippen LogP contribution in [0.4, 0.5) is 5.69 Å². The van der Waals surface area contributed by atoms with E-state index in [9.17, 15) is 14.9 Å². The van der Waals surface area contributed by atoms with Crippen LogP contribution < -0.4 is 5.32 Å². The number of benzene rings is 1. The first-order valence-electron chi connectivity index (χ1n) is 8.06. The molecule has 0 bridgehead atoms. The van der Waals surface area contributed by atoms with Crippen LogP contribution in [0.15, 0.2) is 28.3 Å². The molecule has 1 aliphatic carbocycles. The van der Waals surface area contributed by atoms with Crippen molar-refractivity contribution in [1.29, 1.82) is 0 Å². The molecule has 9 nitrogen and oxygen atoms in total. The van der Waals surface area contributed by atoms with Gasteiger partial charge in [0, 0.05) is 18.7 Å². The van der Waals surface area contributed by atoms with Gasteiger partial charge in [0.05, 0.1) is 15.9 Å². The minimum Gasteiger partial charge on any atom is -0.355 e. The summed E-state index contributed by atoms with van der Waals surface area (Å²) < 4.78 is 1.76. The Kier molecular flexibility index (Phi) is 5.27. The molecule has 1 aromatic carbocycles. The number of nitrogens with one attached hydrogen (secondary N) is 1. The maximum Gasteiger partial charge on any atom is 0.284 e. The number of hydrogen-bond acceptors (Lipinski definition) is 7. The molecular formula is C15H18N6O3S. The third-order valence-corrected chi connectivity index (χ3v) is 5.25. The van der Waals surface area contributed by atoms with Crippen LogP contribution in [0, 0.1) is 10.1 Å². The molecule has 0 atom stereocenters. The maximum atomic E-state index is 11.7. The molecule has 1 N–H and O–H groups in total. The van der Waals surface area contributed by atoms with Gasteiger partial charge in [0.15, 0.2) is 0 Å². The van der Waals surface area contributed by atoms with Crippen molar-refractivity contribution in [3.63, 3.8) is 0 Å². The number of carbonyl (C=O) groups excluding carboxylic acids is 1. The van der Waals surface area contributed by atoms with Crippen molar-refractivity contribution in [1.82, 2.24) is 25.5 Å². The lowest BCUT2D eigenvalue weighted by Gasteiger charge is -2.21. The van der Waals surface area contributed by atoms with Crippen LogP contribution in [0.5, 0.6) is 0 Å². The van der Waals surface area contributed by atoms with Gasteiger partial charge in [-0.05, 0) is 47.2 Å². The Morgan fingerprint density at radius 3 is 2.80 bits per heavy atom. The van der Waals surface area contributed by atoms with E-state index in [1.54, 1.807) is 16.8 Å². The normalized spacial score (nSPS) is 15.1. The summed E-state index contributed by atoms with van der Waals surface area (Å²) in [6.45, 7) is 0. The first kappa shape index (κ1) is 17.3. The Balaban J connectivity index is 1.89. The van der Waals surface area contributed by atoms with Crippen molar-refractivity contribution in [2.45, 2.75) is 48.2 Å². The van der Waals surface area contributed by atoms with Gasteiger partial charge in [0.1, 0.15) is 0 Å². The Bertz CT molecular complexity index is 787. The average molecular weight is 362 g/mol. The Morgan fingerprint density at radius 2 is 2.12 bits per heavy atom. The Hall–Kier alpha value is -2.49. The maximum absolute atomic E-state index is 11.7. The first-order chi connectivity index (χ1) is 12.1. The summed E-state index contributed by atoms with van der Waals surface area (Å²) in [4.78, 5) is 23.0. The minimum atomic E-state index is -0.497. The fourth-order valence-electron chi connectivity index (χ4n) is 2.94. The van der Waals surface area contributed by atoms with Gasteiger partial charge in [0.25, 0.3) is 11.6 Å². The molecule has 0 radical (unpaired) electrons. The fraction of sp³-hybridized carbons (Fsp3) is 0.467. The Morgan fingerprint density at radius 1 is 1.36 bits per heavy atom. The van der Waals surface area contributed by atoms with Crippen molar-refractivity contribution in [3.8, 4) is 0 Å². The topological polar surface area (TPSA) is 116 Å². The van der Waals surface area contributed by atoms with Gasteiger partial charge in [-0.15, -0.1) is 5.10 Å². The quantitative estimate of drug-likeness (QED) is 0.642. The SMILES string of the molecule is CNC(=O)c1ccc(Sc2nnnn2C2CCCCC2)c([N+](=O)[O-])c1. The van der Waals surface area contributed by atoms with Gasteiger partial charge < -0.3 is 5.32 Å². The van der Waals surface area contributed by atoms with Crippen LogP contribution in [-0.2, 0) is 0 Å². The number of nitrogens with zero attached hydrogens (tertiary/aromatic N) is 5. The van der Waals surface area contributed by atoms with E-state index < -0.39 is 4.92 Å².